The van der Waals surface area contributed by atoms with E-state index in [0.717, 1.165) is 21.7 Å². The summed E-state index contributed by atoms with van der Waals surface area (Å²) in [5, 5.41) is 2.92. The van der Waals surface area contributed by atoms with Crippen LogP contribution in [0, 0.1) is 5.92 Å². The van der Waals surface area contributed by atoms with Gasteiger partial charge in [0.1, 0.15) is 12.6 Å². The molecule has 8 heteroatoms. The lowest BCUT2D eigenvalue weighted by atomic mass is 10.1. The zero-order chi connectivity index (χ0) is 25.3. The van der Waals surface area contributed by atoms with Crippen LogP contribution in [0.25, 0.3) is 0 Å². The molecular formula is C26H37N3O4S. The van der Waals surface area contributed by atoms with Crippen LogP contribution in [-0.2, 0) is 32.6 Å². The molecule has 0 aliphatic rings. The molecule has 186 valence electrons. The zero-order valence-corrected chi connectivity index (χ0v) is 21.6. The van der Waals surface area contributed by atoms with Crippen molar-refractivity contribution in [1.82, 2.24) is 10.2 Å². The van der Waals surface area contributed by atoms with E-state index in [-0.39, 0.29) is 24.9 Å². The Hall–Kier alpha value is -2.87. The van der Waals surface area contributed by atoms with Crippen molar-refractivity contribution in [3.05, 3.63) is 65.7 Å². The molecule has 34 heavy (non-hydrogen) atoms. The van der Waals surface area contributed by atoms with E-state index in [1.165, 1.54) is 4.90 Å². The Morgan fingerprint density at radius 1 is 0.971 bits per heavy atom. The molecule has 0 aliphatic heterocycles. The number of nitrogens with one attached hydrogen (secondary N) is 1. The quantitative estimate of drug-likeness (QED) is 0.496. The number of nitrogens with zero attached hydrogens (tertiary/aromatic N) is 2. The number of carbonyl (C=O) groups excluding carboxylic acids is 2. The number of hydrogen-bond acceptors (Lipinski definition) is 4. The van der Waals surface area contributed by atoms with E-state index < -0.39 is 22.0 Å². The topological polar surface area (TPSA) is 86.8 Å². The van der Waals surface area contributed by atoms with Crippen molar-refractivity contribution in [3.63, 3.8) is 0 Å². The van der Waals surface area contributed by atoms with E-state index >= 15 is 0 Å². The minimum atomic E-state index is -3.74. The fraction of sp³-hybridized carbons (Fsp3) is 0.462. The fourth-order valence-electron chi connectivity index (χ4n) is 3.77. The van der Waals surface area contributed by atoms with Crippen molar-refractivity contribution in [3.8, 4) is 0 Å². The van der Waals surface area contributed by atoms with Gasteiger partial charge in [-0.05, 0) is 36.0 Å². The largest absolute Gasteiger partial charge is 0.354 e. The molecule has 1 N–H and O–H groups in total. The second-order valence-electron chi connectivity index (χ2n) is 8.82. The molecule has 0 heterocycles. The monoisotopic (exact) mass is 487 g/mol. The van der Waals surface area contributed by atoms with Gasteiger partial charge in [-0.25, -0.2) is 8.42 Å². The average Bonchev–Trinajstić information content (AvgIpc) is 2.80. The molecule has 0 unspecified atom stereocenters. The number of benzene rings is 2. The van der Waals surface area contributed by atoms with Crippen LogP contribution in [-0.4, -0.2) is 50.5 Å². The summed E-state index contributed by atoms with van der Waals surface area (Å²) >= 11 is 0. The van der Waals surface area contributed by atoms with Gasteiger partial charge in [-0.15, -0.1) is 0 Å². The number of para-hydroxylation sites is 1. The standard InChI is InChI=1S/C26H37N3O4S/c1-6-22-15-11-12-16-24(22)29(34(5,32)33)19-25(30)28(18-21-13-9-8-10-14-21)23(7-2)26(31)27-17-20(3)4/h8-16,20,23H,6-7,17-19H2,1-5H3,(H,27,31)/t23-/m0/s1. The van der Waals surface area contributed by atoms with Crippen LogP contribution >= 0.6 is 0 Å². The van der Waals surface area contributed by atoms with Gasteiger partial charge >= 0.3 is 0 Å². The molecule has 0 spiro atoms. The van der Waals surface area contributed by atoms with Crippen LogP contribution in [0.15, 0.2) is 54.6 Å². The maximum Gasteiger partial charge on any atom is 0.244 e. The highest BCUT2D eigenvalue weighted by atomic mass is 32.2. The molecular weight excluding hydrogens is 450 g/mol. The van der Waals surface area contributed by atoms with Crippen LogP contribution in [0.4, 0.5) is 5.69 Å². The smallest absolute Gasteiger partial charge is 0.244 e. The van der Waals surface area contributed by atoms with Crippen LogP contribution in [0.2, 0.25) is 0 Å². The van der Waals surface area contributed by atoms with Crippen molar-refractivity contribution in [2.24, 2.45) is 5.92 Å². The molecule has 7 nitrogen and oxygen atoms in total. The van der Waals surface area contributed by atoms with E-state index in [4.69, 9.17) is 0 Å². The van der Waals surface area contributed by atoms with E-state index in [9.17, 15) is 18.0 Å². The first-order valence-electron chi connectivity index (χ1n) is 11.7. The lowest BCUT2D eigenvalue weighted by Crippen LogP contribution is -2.52. The van der Waals surface area contributed by atoms with Gasteiger partial charge in [-0.3, -0.25) is 13.9 Å². The Kier molecular flexibility index (Phi) is 10.1. The molecule has 1 atom stereocenters. The highest BCUT2D eigenvalue weighted by Crippen LogP contribution is 2.24. The van der Waals surface area contributed by atoms with Crippen molar-refractivity contribution >= 4 is 27.5 Å². The Morgan fingerprint density at radius 3 is 2.15 bits per heavy atom. The second-order valence-corrected chi connectivity index (χ2v) is 10.7. The highest BCUT2D eigenvalue weighted by molar-refractivity contribution is 7.92. The first kappa shape index (κ1) is 27.4. The van der Waals surface area contributed by atoms with E-state index in [2.05, 4.69) is 5.32 Å². The van der Waals surface area contributed by atoms with Crippen LogP contribution in [0.5, 0.6) is 0 Å². The molecule has 2 aromatic rings. The third kappa shape index (κ3) is 7.58. The summed E-state index contributed by atoms with van der Waals surface area (Å²) in [4.78, 5) is 28.2. The SMILES string of the molecule is CCc1ccccc1N(CC(=O)N(Cc1ccccc1)[C@@H](CC)C(=O)NCC(C)C)S(C)(=O)=O. The predicted octanol–water partition coefficient (Wildman–Crippen LogP) is 3.59. The van der Waals surface area contributed by atoms with Gasteiger partial charge in [0.2, 0.25) is 21.8 Å². The van der Waals surface area contributed by atoms with Gasteiger partial charge < -0.3 is 10.2 Å². The molecule has 0 saturated carbocycles. The molecule has 0 bridgehead atoms. The number of sulfonamides is 1. The van der Waals surface area contributed by atoms with E-state index in [0.29, 0.717) is 25.1 Å². The molecule has 2 aromatic carbocycles. The normalized spacial score (nSPS) is 12.3. The van der Waals surface area contributed by atoms with Gasteiger partial charge in [0.05, 0.1) is 11.9 Å². The maximum absolute atomic E-state index is 13.7. The first-order valence-corrected chi connectivity index (χ1v) is 13.6. The Morgan fingerprint density at radius 2 is 1.59 bits per heavy atom. The fourth-order valence-corrected chi connectivity index (χ4v) is 4.65. The number of hydrogen-bond donors (Lipinski definition) is 1. The molecule has 0 fully saturated rings. The van der Waals surface area contributed by atoms with E-state index in [1.807, 2.05) is 70.2 Å². The van der Waals surface area contributed by atoms with Gasteiger partial charge in [0.25, 0.3) is 0 Å². The molecule has 0 aromatic heterocycles. The average molecular weight is 488 g/mol. The van der Waals surface area contributed by atoms with Crippen LogP contribution < -0.4 is 9.62 Å². The molecule has 0 saturated heterocycles. The van der Waals surface area contributed by atoms with Gasteiger partial charge in [-0.2, -0.15) is 0 Å². The third-order valence-electron chi connectivity index (χ3n) is 5.59. The van der Waals surface area contributed by atoms with Gasteiger partial charge in [0, 0.05) is 13.1 Å². The summed E-state index contributed by atoms with van der Waals surface area (Å²) in [5.74, 6) is -0.391. The minimum Gasteiger partial charge on any atom is -0.354 e. The zero-order valence-electron chi connectivity index (χ0n) is 20.8. The summed E-state index contributed by atoms with van der Waals surface area (Å²) < 4.78 is 26.6. The lowest BCUT2D eigenvalue weighted by Gasteiger charge is -2.33. The molecule has 0 radical (unpaired) electrons. The number of anilines is 1. The number of aryl methyl sites for hydroxylation is 1. The van der Waals surface area contributed by atoms with E-state index in [1.54, 1.807) is 12.1 Å². The Bertz CT molecular complexity index is 1050. The molecule has 2 rings (SSSR count). The minimum absolute atomic E-state index is 0.209. The molecule has 0 aliphatic carbocycles. The van der Waals surface area contributed by atoms with Crippen LogP contribution in [0.1, 0.15) is 45.2 Å². The summed E-state index contributed by atoms with van der Waals surface area (Å²) in [6.45, 7) is 8.13. The predicted molar refractivity (Wildman–Crippen MR) is 137 cm³/mol. The molecule has 2 amide bonds. The summed E-state index contributed by atoms with van der Waals surface area (Å²) in [7, 11) is -3.74. The first-order chi connectivity index (χ1) is 16.1. The number of rotatable bonds is 12. The highest BCUT2D eigenvalue weighted by Gasteiger charge is 2.32. The second kappa shape index (κ2) is 12.6. The Labute approximate surface area is 204 Å². The lowest BCUT2D eigenvalue weighted by molar-refractivity contribution is -0.140. The number of amides is 2. The van der Waals surface area contributed by atoms with Crippen molar-refractivity contribution in [2.75, 3.05) is 23.7 Å². The summed E-state index contributed by atoms with van der Waals surface area (Å²) in [5.41, 5.74) is 2.18. The van der Waals surface area contributed by atoms with Crippen LogP contribution in [0.3, 0.4) is 0 Å². The number of carbonyl (C=O) groups is 2. The summed E-state index contributed by atoms with van der Waals surface area (Å²) in [6.07, 6.45) is 2.13. The van der Waals surface area contributed by atoms with Crippen molar-refractivity contribution in [1.29, 1.82) is 0 Å². The maximum atomic E-state index is 13.7. The Balaban J connectivity index is 2.43. The van der Waals surface area contributed by atoms with Crippen molar-refractivity contribution in [2.45, 2.75) is 53.1 Å². The third-order valence-corrected chi connectivity index (χ3v) is 6.71. The summed E-state index contributed by atoms with van der Waals surface area (Å²) in [6, 6.07) is 15.9. The van der Waals surface area contributed by atoms with Gasteiger partial charge in [0.15, 0.2) is 0 Å². The van der Waals surface area contributed by atoms with Crippen molar-refractivity contribution < 1.29 is 18.0 Å². The van der Waals surface area contributed by atoms with Gasteiger partial charge in [-0.1, -0.05) is 76.2 Å².